The van der Waals surface area contributed by atoms with Gasteiger partial charge in [0.15, 0.2) is 14.1 Å². The van der Waals surface area contributed by atoms with Crippen molar-refractivity contribution in [1.82, 2.24) is 9.55 Å². The molecule has 1 heterocycles. The largest absolute Gasteiger partial charge is 0.416 e. The minimum atomic E-state index is -1.51. The summed E-state index contributed by atoms with van der Waals surface area (Å²) in [4.78, 5) is 19.5. The molecular formula is C28H43N3O2Si. The van der Waals surface area contributed by atoms with Crippen molar-refractivity contribution in [2.75, 3.05) is 24.6 Å². The minimum Gasteiger partial charge on any atom is -0.416 e. The molecule has 0 fully saturated rings. The monoisotopic (exact) mass is 481 g/mol. The lowest BCUT2D eigenvalue weighted by Gasteiger charge is -2.27. The number of aryl methyl sites for hydroxylation is 1. The Morgan fingerprint density at radius 3 is 2.59 bits per heavy atom. The molecule has 1 aromatic carbocycles. The lowest BCUT2D eigenvalue weighted by molar-refractivity contribution is -0.116. The van der Waals surface area contributed by atoms with Crippen LogP contribution in [0.1, 0.15) is 59.2 Å². The number of anilines is 1. The first kappa shape index (κ1) is 26.4. The van der Waals surface area contributed by atoms with Crippen LogP contribution < -0.4 is 4.90 Å². The molecule has 3 rings (SSSR count). The highest BCUT2D eigenvalue weighted by atomic mass is 28.4. The van der Waals surface area contributed by atoms with Gasteiger partial charge in [0.25, 0.3) is 0 Å². The quantitative estimate of drug-likeness (QED) is 0.330. The van der Waals surface area contributed by atoms with Gasteiger partial charge in [-0.15, -0.1) is 0 Å². The smallest absolute Gasteiger partial charge is 0.183 e. The highest BCUT2D eigenvalue weighted by Crippen LogP contribution is 2.34. The van der Waals surface area contributed by atoms with E-state index in [2.05, 4.69) is 87.2 Å². The van der Waals surface area contributed by atoms with Gasteiger partial charge in [0, 0.05) is 31.7 Å². The molecule has 186 valence electrons. The van der Waals surface area contributed by atoms with Crippen molar-refractivity contribution in [3.05, 3.63) is 41.7 Å². The fourth-order valence-electron chi connectivity index (χ4n) is 4.62. The summed E-state index contributed by atoms with van der Waals surface area (Å²) in [7, 11) is -1.51. The summed E-state index contributed by atoms with van der Waals surface area (Å²) in [5, 5.41) is 0. The Kier molecular flexibility index (Phi) is 8.58. The molecule has 0 unspecified atom stereocenters. The molecule has 34 heavy (non-hydrogen) atoms. The van der Waals surface area contributed by atoms with Crippen LogP contribution in [0, 0.1) is 5.41 Å². The maximum absolute atomic E-state index is 12.2. The number of hydrogen-bond donors (Lipinski definition) is 0. The lowest BCUT2D eigenvalue weighted by atomic mass is 9.77. The molecular weight excluding hydrogens is 438 g/mol. The number of benzene rings is 1. The van der Waals surface area contributed by atoms with Gasteiger partial charge in [-0.25, -0.2) is 4.98 Å². The van der Waals surface area contributed by atoms with Crippen molar-refractivity contribution in [2.24, 2.45) is 5.41 Å². The Labute approximate surface area is 207 Å². The SMILES string of the molecule is CCCCn1c(/C=C/C2=CC(=O)CC(C)(C)C2)nc2ccc(N(CC)CCO[Si](C)(C)C)cc21. The van der Waals surface area contributed by atoms with Gasteiger partial charge in [-0.2, -0.15) is 0 Å². The van der Waals surface area contributed by atoms with Crippen LogP contribution in [0.2, 0.25) is 19.6 Å². The van der Waals surface area contributed by atoms with Crippen molar-refractivity contribution in [3.8, 4) is 0 Å². The third-order valence-corrected chi connectivity index (χ3v) is 7.34. The number of aromatic nitrogens is 2. The van der Waals surface area contributed by atoms with E-state index in [1.807, 2.05) is 0 Å². The van der Waals surface area contributed by atoms with E-state index in [0.29, 0.717) is 6.42 Å². The van der Waals surface area contributed by atoms with Crippen LogP contribution >= 0.6 is 0 Å². The molecule has 6 heteroatoms. The Balaban J connectivity index is 1.90. The zero-order valence-corrected chi connectivity index (χ0v) is 23.3. The van der Waals surface area contributed by atoms with Gasteiger partial charge in [-0.3, -0.25) is 4.79 Å². The minimum absolute atomic E-state index is 0.0194. The van der Waals surface area contributed by atoms with E-state index in [9.17, 15) is 4.79 Å². The van der Waals surface area contributed by atoms with E-state index in [4.69, 9.17) is 9.41 Å². The Morgan fingerprint density at radius 2 is 1.94 bits per heavy atom. The zero-order chi connectivity index (χ0) is 24.9. The zero-order valence-electron chi connectivity index (χ0n) is 22.3. The number of nitrogens with zero attached hydrogens (tertiary/aromatic N) is 3. The predicted octanol–water partition coefficient (Wildman–Crippen LogP) is 6.84. The molecule has 0 atom stereocenters. The number of allylic oxidation sites excluding steroid dienone is 3. The standard InChI is InChI=1S/C28H43N3O2Si/c1-8-10-15-31-26-19-23(30(9-2)16-17-33-34(5,6)7)12-13-25(26)29-27(31)14-11-22-18-24(32)21-28(3,4)20-22/h11-14,18-19H,8-10,15-17,20-21H2,1-7H3/b14-11+. The number of hydrogen-bond acceptors (Lipinski definition) is 4. The summed E-state index contributed by atoms with van der Waals surface area (Å²) >= 11 is 0. The van der Waals surface area contributed by atoms with Crippen molar-refractivity contribution in [3.63, 3.8) is 0 Å². The van der Waals surface area contributed by atoms with Gasteiger partial charge in [0.05, 0.1) is 17.6 Å². The number of likely N-dealkylation sites (N-methyl/N-ethyl adjacent to an activating group) is 1. The second-order valence-electron chi connectivity index (χ2n) is 11.2. The molecule has 0 saturated heterocycles. The molecule has 1 aromatic heterocycles. The Hall–Kier alpha value is -2.18. The fraction of sp³-hybridized carbons (Fsp3) is 0.571. The first-order chi connectivity index (χ1) is 16.0. The van der Waals surface area contributed by atoms with Crippen molar-refractivity contribution in [1.29, 1.82) is 0 Å². The number of fused-ring (bicyclic) bond motifs is 1. The highest BCUT2D eigenvalue weighted by Gasteiger charge is 2.26. The number of unbranched alkanes of at least 4 members (excludes halogenated alkanes) is 1. The van der Waals surface area contributed by atoms with Crippen LogP contribution in [0.5, 0.6) is 0 Å². The van der Waals surface area contributed by atoms with Crippen molar-refractivity contribution in [2.45, 2.75) is 79.6 Å². The van der Waals surface area contributed by atoms with E-state index in [-0.39, 0.29) is 11.2 Å². The van der Waals surface area contributed by atoms with E-state index in [0.717, 1.165) is 62.4 Å². The molecule has 0 bridgehead atoms. The highest BCUT2D eigenvalue weighted by molar-refractivity contribution is 6.69. The normalized spacial score (nSPS) is 16.4. The van der Waals surface area contributed by atoms with Gasteiger partial charge in [-0.05, 0) is 80.7 Å². The van der Waals surface area contributed by atoms with Gasteiger partial charge in [0.1, 0.15) is 5.82 Å². The average Bonchev–Trinajstić information content (AvgIpc) is 3.08. The third-order valence-electron chi connectivity index (χ3n) is 6.27. The lowest BCUT2D eigenvalue weighted by Crippen LogP contribution is -2.33. The molecule has 1 aliphatic carbocycles. The van der Waals surface area contributed by atoms with E-state index in [1.54, 1.807) is 6.08 Å². The van der Waals surface area contributed by atoms with Crippen LogP contribution in [-0.4, -0.2) is 43.3 Å². The van der Waals surface area contributed by atoms with E-state index < -0.39 is 8.32 Å². The summed E-state index contributed by atoms with van der Waals surface area (Å²) in [5.74, 6) is 1.18. The topological polar surface area (TPSA) is 47.4 Å². The van der Waals surface area contributed by atoms with Crippen molar-refractivity contribution < 1.29 is 9.22 Å². The molecule has 0 N–H and O–H groups in total. The number of carbonyl (C=O) groups is 1. The Bertz CT molecular complexity index is 1060. The molecule has 0 radical (unpaired) electrons. The van der Waals surface area contributed by atoms with Crippen LogP contribution in [0.25, 0.3) is 17.1 Å². The van der Waals surface area contributed by atoms with Crippen molar-refractivity contribution >= 4 is 36.9 Å². The maximum Gasteiger partial charge on any atom is 0.183 e. The second-order valence-corrected chi connectivity index (χ2v) is 15.7. The number of carbonyl (C=O) groups excluding carboxylic acids is 1. The molecule has 0 aliphatic heterocycles. The number of rotatable bonds is 11. The molecule has 0 amide bonds. The first-order valence-electron chi connectivity index (χ1n) is 12.8. The van der Waals surface area contributed by atoms with Crippen LogP contribution in [0.4, 0.5) is 5.69 Å². The van der Waals surface area contributed by atoms with Gasteiger partial charge < -0.3 is 13.9 Å². The fourth-order valence-corrected chi connectivity index (χ4v) is 5.32. The third kappa shape index (κ3) is 7.16. The summed E-state index contributed by atoms with van der Waals surface area (Å²) < 4.78 is 8.44. The number of ketones is 1. The summed E-state index contributed by atoms with van der Waals surface area (Å²) in [6.07, 6.45) is 9.77. The molecule has 2 aromatic rings. The van der Waals surface area contributed by atoms with Gasteiger partial charge in [-0.1, -0.05) is 33.3 Å². The predicted molar refractivity (Wildman–Crippen MR) is 147 cm³/mol. The van der Waals surface area contributed by atoms with Gasteiger partial charge >= 0.3 is 0 Å². The molecule has 0 spiro atoms. The summed E-state index contributed by atoms with van der Waals surface area (Å²) in [5.41, 5.74) is 4.51. The van der Waals surface area contributed by atoms with E-state index in [1.165, 1.54) is 11.2 Å². The maximum atomic E-state index is 12.2. The number of imidazole rings is 1. The first-order valence-corrected chi connectivity index (χ1v) is 16.2. The van der Waals surface area contributed by atoms with E-state index >= 15 is 0 Å². The summed E-state index contributed by atoms with van der Waals surface area (Å²) in [6.45, 7) is 19.0. The van der Waals surface area contributed by atoms with Crippen LogP contribution in [0.15, 0.2) is 35.9 Å². The molecule has 1 aliphatic rings. The second kappa shape index (κ2) is 11.0. The average molecular weight is 482 g/mol. The summed E-state index contributed by atoms with van der Waals surface area (Å²) in [6, 6.07) is 6.59. The molecule has 0 saturated carbocycles. The van der Waals surface area contributed by atoms with Gasteiger partial charge in [0.2, 0.25) is 0 Å². The Morgan fingerprint density at radius 1 is 1.18 bits per heavy atom. The van der Waals surface area contributed by atoms with Crippen LogP contribution in [0.3, 0.4) is 0 Å². The molecule has 5 nitrogen and oxygen atoms in total. The van der Waals surface area contributed by atoms with Crippen LogP contribution in [-0.2, 0) is 15.8 Å².